The van der Waals surface area contributed by atoms with Gasteiger partial charge < -0.3 is 23.5 Å². The normalized spacial score (nSPS) is 28.1. The van der Waals surface area contributed by atoms with Crippen molar-refractivity contribution in [2.24, 2.45) is 11.8 Å². The lowest BCUT2D eigenvalue weighted by Crippen LogP contribution is -2.65. The third kappa shape index (κ3) is 3.79. The lowest BCUT2D eigenvalue weighted by molar-refractivity contribution is -0.197. The Morgan fingerprint density at radius 2 is 1.94 bits per heavy atom. The van der Waals surface area contributed by atoms with Crippen LogP contribution in [0.15, 0.2) is 23.9 Å². The zero-order valence-corrected chi connectivity index (χ0v) is 21.8. The van der Waals surface area contributed by atoms with Crippen molar-refractivity contribution in [1.82, 2.24) is 4.90 Å². The van der Waals surface area contributed by atoms with Crippen LogP contribution in [0.1, 0.15) is 47.0 Å². The summed E-state index contributed by atoms with van der Waals surface area (Å²) in [5.74, 6) is -1.98. The summed E-state index contributed by atoms with van der Waals surface area (Å²) in [4.78, 5) is 28.2. The van der Waals surface area contributed by atoms with Gasteiger partial charge in [-0.3, -0.25) is 4.79 Å². The fourth-order valence-electron chi connectivity index (χ4n) is 5.28. The quantitative estimate of drug-likeness (QED) is 0.177. The predicted octanol–water partition coefficient (Wildman–Crippen LogP) is 4.01. The molecule has 0 spiro atoms. The molecular formula is C24H39NO6Si. The van der Waals surface area contributed by atoms with Crippen molar-refractivity contribution in [3.05, 3.63) is 23.9 Å². The Hall–Kier alpha value is -1.48. The zero-order valence-electron chi connectivity index (χ0n) is 20.8. The van der Waals surface area contributed by atoms with Gasteiger partial charge in [-0.05, 0) is 37.9 Å². The number of β-lactam (4-membered cyclic amide) rings is 1. The Bertz CT molecular complexity index is 810. The lowest BCUT2D eigenvalue weighted by atomic mass is 9.70. The van der Waals surface area contributed by atoms with Crippen molar-refractivity contribution in [2.75, 3.05) is 20.8 Å². The van der Waals surface area contributed by atoms with Gasteiger partial charge in [-0.25, -0.2) is 4.79 Å². The van der Waals surface area contributed by atoms with E-state index in [4.69, 9.17) is 18.6 Å². The van der Waals surface area contributed by atoms with Crippen molar-refractivity contribution < 1.29 is 28.2 Å². The van der Waals surface area contributed by atoms with Gasteiger partial charge in [0.2, 0.25) is 5.91 Å². The molecule has 1 saturated carbocycles. The molecule has 4 unspecified atom stereocenters. The number of fused-ring (bicyclic) bond motifs is 3. The molecule has 2 heterocycles. The molecule has 0 N–H and O–H groups in total. The smallest absolute Gasteiger partial charge is 0.355 e. The van der Waals surface area contributed by atoms with Crippen LogP contribution in [0.4, 0.5) is 0 Å². The molecule has 0 aromatic heterocycles. The number of rotatable bonds is 8. The van der Waals surface area contributed by atoms with E-state index in [0.29, 0.717) is 6.42 Å². The molecule has 3 rings (SSSR count). The van der Waals surface area contributed by atoms with E-state index >= 15 is 0 Å². The van der Waals surface area contributed by atoms with Gasteiger partial charge in [0.05, 0.1) is 18.1 Å². The second kappa shape index (κ2) is 8.70. The van der Waals surface area contributed by atoms with E-state index in [1.807, 2.05) is 6.92 Å². The van der Waals surface area contributed by atoms with E-state index in [-0.39, 0.29) is 47.2 Å². The summed E-state index contributed by atoms with van der Waals surface area (Å²) in [5, 5.41) is 0.0403. The highest BCUT2D eigenvalue weighted by atomic mass is 28.4. The molecule has 32 heavy (non-hydrogen) atoms. The molecule has 0 aromatic carbocycles. The standard InChI is InChI=1S/C24H39NO6Si/c1-10-14-30-22(27)20-18-16(12-11-13-24(18,28-6)29-7)19-17(21(26)25(19)20)15(2)31-32(8,9)23(3,4)5/h10,15-17,19H,1,11-14H2,2-9H3. The number of amides is 1. The maximum Gasteiger partial charge on any atom is 0.355 e. The fourth-order valence-corrected chi connectivity index (χ4v) is 6.71. The van der Waals surface area contributed by atoms with Crippen molar-refractivity contribution in [3.63, 3.8) is 0 Å². The van der Waals surface area contributed by atoms with Crippen LogP contribution in [0.2, 0.25) is 18.1 Å². The number of carbonyl (C=O) groups is 2. The minimum Gasteiger partial charge on any atom is -0.457 e. The number of nitrogens with zero attached hydrogens (tertiary/aromatic N) is 1. The second-order valence-electron chi connectivity index (χ2n) is 10.6. The maximum absolute atomic E-state index is 13.5. The number of methoxy groups -OCH3 is 2. The van der Waals surface area contributed by atoms with Gasteiger partial charge in [-0.1, -0.05) is 33.4 Å². The highest BCUT2D eigenvalue weighted by molar-refractivity contribution is 6.74. The SMILES string of the molecule is C=CCOC(=O)C1=C2C(CCCC2(OC)OC)C2C(C(C)O[Si](C)(C)C(C)(C)C)C(=O)N12. The summed E-state index contributed by atoms with van der Waals surface area (Å²) in [5.41, 5.74) is 1.02. The van der Waals surface area contributed by atoms with Crippen molar-refractivity contribution in [1.29, 1.82) is 0 Å². The Kier molecular flexibility index (Phi) is 6.84. The third-order valence-corrected chi connectivity index (χ3v) is 12.5. The Balaban J connectivity index is 1.98. The third-order valence-electron chi connectivity index (χ3n) is 7.88. The van der Waals surface area contributed by atoms with Crippen LogP contribution >= 0.6 is 0 Å². The predicted molar refractivity (Wildman–Crippen MR) is 124 cm³/mol. The van der Waals surface area contributed by atoms with Gasteiger partial charge in [0.1, 0.15) is 12.3 Å². The van der Waals surface area contributed by atoms with E-state index in [1.54, 1.807) is 19.1 Å². The highest BCUT2D eigenvalue weighted by Crippen LogP contribution is 2.56. The Morgan fingerprint density at radius 3 is 2.47 bits per heavy atom. The highest BCUT2D eigenvalue weighted by Gasteiger charge is 2.66. The number of carbonyl (C=O) groups excluding carboxylic acids is 2. The molecule has 7 nitrogen and oxygen atoms in total. The Morgan fingerprint density at radius 1 is 1.31 bits per heavy atom. The minimum absolute atomic E-state index is 0.0249. The number of esters is 1. The fraction of sp³-hybridized carbons (Fsp3) is 0.750. The summed E-state index contributed by atoms with van der Waals surface area (Å²) in [7, 11) is 1.11. The van der Waals surface area contributed by atoms with Gasteiger partial charge in [0.15, 0.2) is 14.1 Å². The first kappa shape index (κ1) is 25.1. The van der Waals surface area contributed by atoms with Gasteiger partial charge in [0, 0.05) is 32.1 Å². The first-order chi connectivity index (χ1) is 14.9. The van der Waals surface area contributed by atoms with Crippen LogP contribution in [-0.2, 0) is 28.2 Å². The minimum atomic E-state index is -2.07. The Labute approximate surface area is 193 Å². The van der Waals surface area contributed by atoms with Gasteiger partial charge in [0.25, 0.3) is 0 Å². The van der Waals surface area contributed by atoms with Crippen molar-refractivity contribution >= 4 is 20.2 Å². The van der Waals surface area contributed by atoms with E-state index in [2.05, 4.69) is 40.4 Å². The molecule has 0 aromatic rings. The van der Waals surface area contributed by atoms with Crippen LogP contribution in [-0.4, -0.2) is 63.9 Å². The van der Waals surface area contributed by atoms with E-state index in [0.717, 1.165) is 18.4 Å². The largest absolute Gasteiger partial charge is 0.457 e. The second-order valence-corrected chi connectivity index (χ2v) is 15.4. The molecule has 180 valence electrons. The summed E-state index contributed by atoms with van der Waals surface area (Å²) in [6.45, 7) is 16.7. The molecular weight excluding hydrogens is 426 g/mol. The zero-order chi connectivity index (χ0) is 24.1. The van der Waals surface area contributed by atoms with E-state index in [1.165, 1.54) is 6.08 Å². The van der Waals surface area contributed by atoms with E-state index < -0.39 is 20.1 Å². The summed E-state index contributed by atoms with van der Waals surface area (Å²) in [6, 6.07) is -0.145. The van der Waals surface area contributed by atoms with Crippen LogP contribution in [0, 0.1) is 11.8 Å². The topological polar surface area (TPSA) is 74.3 Å². The summed E-state index contributed by atoms with van der Waals surface area (Å²) in [6.07, 6.45) is 3.65. The number of ether oxygens (including phenoxy) is 3. The molecule has 2 fully saturated rings. The van der Waals surface area contributed by atoms with Crippen molar-refractivity contribution in [3.8, 4) is 0 Å². The summed E-state index contributed by atoms with van der Waals surface area (Å²) >= 11 is 0. The van der Waals surface area contributed by atoms with Gasteiger partial charge in [-0.15, -0.1) is 0 Å². The number of hydrogen-bond acceptors (Lipinski definition) is 6. The molecule has 1 aliphatic carbocycles. The van der Waals surface area contributed by atoms with Crippen LogP contribution in [0.5, 0.6) is 0 Å². The average Bonchev–Trinajstić information content (AvgIpc) is 3.01. The first-order valence-corrected chi connectivity index (χ1v) is 14.4. The molecule has 2 aliphatic heterocycles. The van der Waals surface area contributed by atoms with Crippen molar-refractivity contribution in [2.45, 2.75) is 83.0 Å². The molecule has 1 amide bonds. The van der Waals surface area contributed by atoms with Gasteiger partial charge in [-0.2, -0.15) is 0 Å². The molecule has 4 atom stereocenters. The molecule has 3 aliphatic rings. The molecule has 0 radical (unpaired) electrons. The van der Waals surface area contributed by atoms with Crippen LogP contribution in [0.25, 0.3) is 0 Å². The number of hydrogen-bond donors (Lipinski definition) is 0. The van der Waals surface area contributed by atoms with E-state index in [9.17, 15) is 9.59 Å². The average molecular weight is 466 g/mol. The molecule has 0 bridgehead atoms. The van der Waals surface area contributed by atoms with Crippen LogP contribution < -0.4 is 0 Å². The molecule has 8 heteroatoms. The molecule has 1 saturated heterocycles. The van der Waals surface area contributed by atoms with Crippen LogP contribution in [0.3, 0.4) is 0 Å². The van der Waals surface area contributed by atoms with Gasteiger partial charge >= 0.3 is 5.97 Å². The first-order valence-electron chi connectivity index (χ1n) is 11.5. The summed E-state index contributed by atoms with van der Waals surface area (Å²) < 4.78 is 23.7. The lowest BCUT2D eigenvalue weighted by Gasteiger charge is -2.51. The maximum atomic E-state index is 13.5. The monoisotopic (exact) mass is 465 g/mol.